The van der Waals surface area contributed by atoms with Crippen molar-refractivity contribution in [2.24, 2.45) is 0 Å². The molecule has 0 saturated carbocycles. The first-order valence-corrected chi connectivity index (χ1v) is 5.61. The van der Waals surface area contributed by atoms with Crippen LogP contribution in [0.1, 0.15) is 38.3 Å². The lowest BCUT2D eigenvalue weighted by molar-refractivity contribution is 0.554. The van der Waals surface area contributed by atoms with E-state index in [-0.39, 0.29) is 0 Å². The van der Waals surface area contributed by atoms with E-state index in [4.69, 9.17) is 11.6 Å². The van der Waals surface area contributed by atoms with Gasteiger partial charge in [-0.15, -0.1) is 0 Å². The molecule has 1 N–H and O–H groups in total. The maximum atomic E-state index is 6.09. The molecule has 0 radical (unpaired) electrons. The van der Waals surface area contributed by atoms with Gasteiger partial charge in [-0.25, -0.2) is 0 Å². The van der Waals surface area contributed by atoms with E-state index in [0.717, 1.165) is 11.6 Å². The molecular weight excluding hydrogens is 194 g/mol. The summed E-state index contributed by atoms with van der Waals surface area (Å²) in [6.45, 7) is 5.40. The molecule has 1 atom stereocenters. The number of nitrogens with one attached hydrogen (secondary N) is 1. The Bertz CT molecular complexity index is 273. The van der Waals surface area contributed by atoms with Crippen molar-refractivity contribution in [3.05, 3.63) is 34.9 Å². The average molecular weight is 212 g/mol. The van der Waals surface area contributed by atoms with Gasteiger partial charge >= 0.3 is 0 Å². The third kappa shape index (κ3) is 3.32. The first-order chi connectivity index (χ1) is 6.75. The maximum Gasteiger partial charge on any atom is 0.0453 e. The second-order valence-electron chi connectivity index (χ2n) is 3.55. The number of hydrogen-bond acceptors (Lipinski definition) is 1. The van der Waals surface area contributed by atoms with Crippen molar-refractivity contribution >= 4 is 11.6 Å². The van der Waals surface area contributed by atoms with Crippen LogP contribution in [0.4, 0.5) is 0 Å². The summed E-state index contributed by atoms with van der Waals surface area (Å²) in [5, 5.41) is 4.31. The molecule has 0 aliphatic rings. The summed E-state index contributed by atoms with van der Waals surface area (Å²) >= 11 is 6.09. The zero-order valence-corrected chi connectivity index (χ0v) is 9.64. The number of hydrogen-bond donors (Lipinski definition) is 1. The zero-order chi connectivity index (χ0) is 10.4. The molecule has 1 aromatic carbocycles. The summed E-state index contributed by atoms with van der Waals surface area (Å²) in [7, 11) is 0. The van der Waals surface area contributed by atoms with Gasteiger partial charge in [0.25, 0.3) is 0 Å². The number of halogens is 1. The lowest BCUT2D eigenvalue weighted by Gasteiger charge is -2.15. The second-order valence-corrected chi connectivity index (χ2v) is 3.96. The predicted octanol–water partition coefficient (Wildman–Crippen LogP) is 3.79. The number of unbranched alkanes of at least 4 members (excludes halogenated alkanes) is 1. The van der Waals surface area contributed by atoms with Crippen LogP contribution in [0.15, 0.2) is 24.3 Å². The van der Waals surface area contributed by atoms with Crippen LogP contribution in [0, 0.1) is 0 Å². The molecule has 1 aromatic rings. The van der Waals surface area contributed by atoms with E-state index in [2.05, 4.69) is 25.2 Å². The standard InChI is InChI=1S/C12H18ClN/c1-3-4-9-14-10(2)11-7-5-6-8-12(11)13/h5-8,10,14H,3-4,9H2,1-2H3. The largest absolute Gasteiger partial charge is 0.310 e. The van der Waals surface area contributed by atoms with E-state index in [9.17, 15) is 0 Å². The van der Waals surface area contributed by atoms with Crippen molar-refractivity contribution in [3.63, 3.8) is 0 Å². The Kier molecular flexibility index (Phi) is 4.99. The molecule has 0 bridgehead atoms. The van der Waals surface area contributed by atoms with Crippen LogP contribution < -0.4 is 5.32 Å². The topological polar surface area (TPSA) is 12.0 Å². The van der Waals surface area contributed by atoms with Gasteiger partial charge in [-0.2, -0.15) is 0 Å². The van der Waals surface area contributed by atoms with E-state index in [0.29, 0.717) is 6.04 Å². The summed E-state index contributed by atoms with van der Waals surface area (Å²) in [6.07, 6.45) is 2.44. The molecule has 0 aromatic heterocycles. The van der Waals surface area contributed by atoms with Gasteiger partial charge in [-0.3, -0.25) is 0 Å². The maximum absolute atomic E-state index is 6.09. The van der Waals surface area contributed by atoms with Crippen LogP contribution in [-0.2, 0) is 0 Å². The highest BCUT2D eigenvalue weighted by atomic mass is 35.5. The van der Waals surface area contributed by atoms with Gasteiger partial charge in [0.05, 0.1) is 0 Å². The van der Waals surface area contributed by atoms with E-state index in [1.807, 2.05) is 18.2 Å². The van der Waals surface area contributed by atoms with Gasteiger partial charge in [0.15, 0.2) is 0 Å². The minimum absolute atomic E-state index is 0.343. The van der Waals surface area contributed by atoms with Crippen LogP contribution in [-0.4, -0.2) is 6.54 Å². The predicted molar refractivity (Wildman–Crippen MR) is 62.8 cm³/mol. The normalized spacial score (nSPS) is 12.8. The van der Waals surface area contributed by atoms with Crippen molar-refractivity contribution in [1.29, 1.82) is 0 Å². The Labute approximate surface area is 91.5 Å². The smallest absolute Gasteiger partial charge is 0.0453 e. The highest BCUT2D eigenvalue weighted by Gasteiger charge is 2.06. The Morgan fingerprint density at radius 1 is 1.36 bits per heavy atom. The minimum Gasteiger partial charge on any atom is -0.310 e. The van der Waals surface area contributed by atoms with Crippen molar-refractivity contribution in [2.75, 3.05) is 6.54 Å². The molecule has 1 rings (SSSR count). The summed E-state index contributed by atoms with van der Waals surface area (Å²) in [6, 6.07) is 8.35. The molecule has 0 aliphatic carbocycles. The molecule has 14 heavy (non-hydrogen) atoms. The first-order valence-electron chi connectivity index (χ1n) is 5.23. The van der Waals surface area contributed by atoms with Crippen LogP contribution in [0.2, 0.25) is 5.02 Å². The molecule has 0 amide bonds. The van der Waals surface area contributed by atoms with Crippen molar-refractivity contribution in [3.8, 4) is 0 Å². The third-order valence-corrected chi connectivity index (χ3v) is 2.70. The molecule has 0 aliphatic heterocycles. The Hall–Kier alpha value is -0.530. The average Bonchev–Trinajstić information content (AvgIpc) is 2.18. The molecule has 78 valence electrons. The van der Waals surface area contributed by atoms with Crippen LogP contribution in [0.5, 0.6) is 0 Å². The zero-order valence-electron chi connectivity index (χ0n) is 8.89. The van der Waals surface area contributed by atoms with Crippen molar-refractivity contribution < 1.29 is 0 Å². The summed E-state index contributed by atoms with van der Waals surface area (Å²) in [5.74, 6) is 0. The fourth-order valence-corrected chi connectivity index (χ4v) is 1.73. The Morgan fingerprint density at radius 3 is 2.71 bits per heavy atom. The minimum atomic E-state index is 0.343. The summed E-state index contributed by atoms with van der Waals surface area (Å²) in [4.78, 5) is 0. The lowest BCUT2D eigenvalue weighted by atomic mass is 10.1. The van der Waals surface area contributed by atoms with Gasteiger partial charge < -0.3 is 5.32 Å². The van der Waals surface area contributed by atoms with E-state index in [1.54, 1.807) is 0 Å². The van der Waals surface area contributed by atoms with Crippen LogP contribution in [0.3, 0.4) is 0 Å². The highest BCUT2D eigenvalue weighted by molar-refractivity contribution is 6.31. The number of benzene rings is 1. The molecule has 1 nitrogen and oxygen atoms in total. The van der Waals surface area contributed by atoms with E-state index < -0.39 is 0 Å². The molecule has 0 spiro atoms. The first kappa shape index (κ1) is 11.5. The lowest BCUT2D eigenvalue weighted by Crippen LogP contribution is -2.19. The molecule has 0 heterocycles. The van der Waals surface area contributed by atoms with Crippen molar-refractivity contribution in [1.82, 2.24) is 5.32 Å². The van der Waals surface area contributed by atoms with Gasteiger partial charge in [0.1, 0.15) is 0 Å². The second kappa shape index (κ2) is 6.05. The monoisotopic (exact) mass is 211 g/mol. The van der Waals surface area contributed by atoms with Crippen LogP contribution >= 0.6 is 11.6 Å². The van der Waals surface area contributed by atoms with Gasteiger partial charge in [-0.05, 0) is 31.5 Å². The fourth-order valence-electron chi connectivity index (χ4n) is 1.43. The van der Waals surface area contributed by atoms with Gasteiger partial charge in [0, 0.05) is 11.1 Å². The molecule has 0 saturated heterocycles. The fraction of sp³-hybridized carbons (Fsp3) is 0.500. The summed E-state index contributed by atoms with van der Waals surface area (Å²) in [5.41, 5.74) is 1.19. The quantitative estimate of drug-likeness (QED) is 0.731. The van der Waals surface area contributed by atoms with Crippen molar-refractivity contribution in [2.45, 2.75) is 32.7 Å². The molecular formula is C12H18ClN. The molecule has 0 fully saturated rings. The summed E-state index contributed by atoms with van der Waals surface area (Å²) < 4.78 is 0. The Balaban J connectivity index is 2.51. The van der Waals surface area contributed by atoms with Crippen LogP contribution in [0.25, 0.3) is 0 Å². The molecule has 1 unspecified atom stereocenters. The number of rotatable bonds is 5. The highest BCUT2D eigenvalue weighted by Crippen LogP contribution is 2.21. The Morgan fingerprint density at radius 2 is 2.07 bits per heavy atom. The molecule has 2 heteroatoms. The van der Waals surface area contributed by atoms with Gasteiger partial charge in [-0.1, -0.05) is 43.1 Å². The van der Waals surface area contributed by atoms with E-state index >= 15 is 0 Å². The third-order valence-electron chi connectivity index (χ3n) is 2.35. The van der Waals surface area contributed by atoms with Gasteiger partial charge in [0.2, 0.25) is 0 Å². The van der Waals surface area contributed by atoms with E-state index in [1.165, 1.54) is 18.4 Å². The SMILES string of the molecule is CCCCNC(C)c1ccccc1Cl.